The zero-order valence-electron chi connectivity index (χ0n) is 15.8. The van der Waals surface area contributed by atoms with Crippen LogP contribution in [0.1, 0.15) is 12.0 Å². The normalized spacial score (nSPS) is 18.4. The Kier molecular flexibility index (Phi) is 5.42. The van der Waals surface area contributed by atoms with Gasteiger partial charge in [0.05, 0.1) is 18.1 Å². The molecule has 2 N–H and O–H groups in total. The second kappa shape index (κ2) is 8.17. The molecular formula is C19H19F3N6O2. The second-order valence-corrected chi connectivity index (χ2v) is 7.10. The van der Waals surface area contributed by atoms with Crippen LogP contribution in [0, 0.1) is 11.7 Å². The number of aromatic amines is 1. The number of nitrogens with one attached hydrogen (secondary N) is 2. The molecule has 1 aliphatic heterocycles. The predicted molar refractivity (Wildman–Crippen MR) is 101 cm³/mol. The highest BCUT2D eigenvalue weighted by Gasteiger charge is 2.46. The third-order valence-corrected chi connectivity index (χ3v) is 4.98. The van der Waals surface area contributed by atoms with Crippen molar-refractivity contribution in [2.45, 2.75) is 19.0 Å². The van der Waals surface area contributed by atoms with Gasteiger partial charge in [-0.25, -0.2) is 22.9 Å². The summed E-state index contributed by atoms with van der Waals surface area (Å²) >= 11 is 0. The van der Waals surface area contributed by atoms with E-state index in [1.807, 2.05) is 0 Å². The van der Waals surface area contributed by atoms with Gasteiger partial charge in [0.2, 0.25) is 5.95 Å². The first-order valence-electron chi connectivity index (χ1n) is 9.35. The van der Waals surface area contributed by atoms with Crippen molar-refractivity contribution in [3.8, 4) is 0 Å². The molecule has 1 saturated heterocycles. The first-order chi connectivity index (χ1) is 14.4. The van der Waals surface area contributed by atoms with Crippen LogP contribution < -0.4 is 5.32 Å². The van der Waals surface area contributed by atoms with Gasteiger partial charge in [0.15, 0.2) is 5.65 Å². The average Bonchev–Trinajstić information content (AvgIpc) is 3.19. The molecule has 1 amide bonds. The number of aromatic nitrogens is 4. The Hall–Kier alpha value is -3.37. The molecule has 30 heavy (non-hydrogen) atoms. The van der Waals surface area contributed by atoms with Crippen LogP contribution in [0.2, 0.25) is 0 Å². The van der Waals surface area contributed by atoms with E-state index in [1.165, 1.54) is 24.3 Å². The molecule has 0 spiro atoms. The number of halogens is 3. The molecule has 1 aliphatic rings. The van der Waals surface area contributed by atoms with Crippen molar-refractivity contribution in [3.63, 3.8) is 0 Å². The van der Waals surface area contributed by atoms with Crippen LogP contribution in [0.15, 0.2) is 36.7 Å². The van der Waals surface area contributed by atoms with E-state index in [0.717, 1.165) is 10.3 Å². The summed E-state index contributed by atoms with van der Waals surface area (Å²) in [6.07, 6.45) is 2.39. The van der Waals surface area contributed by atoms with Gasteiger partial charge in [-0.05, 0) is 24.1 Å². The summed E-state index contributed by atoms with van der Waals surface area (Å²) in [5.41, 5.74) is 1.09. The molecule has 0 radical (unpaired) electrons. The minimum Gasteiger partial charge on any atom is -0.445 e. The van der Waals surface area contributed by atoms with Crippen LogP contribution in [0.3, 0.4) is 0 Å². The number of hydrogen-bond donors (Lipinski definition) is 2. The standard InChI is InChI=1S/C19H19F3N6O2/c20-15-3-1-12(2-4-15)10-30-18(29)28-6-5-14(19(21,22)11-28)9-24-17-23-7-13-8-25-27-16(13)26-17/h1-4,7-8,14H,5-6,9-11H2,(H2,23,24,25,26,27)/t14-/m1/s1. The number of piperidine rings is 1. The van der Waals surface area contributed by atoms with Gasteiger partial charge in [-0.15, -0.1) is 0 Å². The lowest BCUT2D eigenvalue weighted by Crippen LogP contribution is -2.52. The molecule has 8 nitrogen and oxygen atoms in total. The molecule has 0 aliphatic carbocycles. The van der Waals surface area contributed by atoms with Crippen LogP contribution in [0.25, 0.3) is 11.0 Å². The van der Waals surface area contributed by atoms with Gasteiger partial charge < -0.3 is 15.0 Å². The van der Waals surface area contributed by atoms with Crippen molar-refractivity contribution < 1.29 is 22.7 Å². The number of carbonyl (C=O) groups excluding carboxylic acids is 1. The first-order valence-corrected chi connectivity index (χ1v) is 9.35. The smallest absolute Gasteiger partial charge is 0.410 e. The van der Waals surface area contributed by atoms with E-state index in [0.29, 0.717) is 11.2 Å². The van der Waals surface area contributed by atoms with E-state index in [1.54, 1.807) is 12.4 Å². The van der Waals surface area contributed by atoms with Gasteiger partial charge >= 0.3 is 6.09 Å². The first kappa shape index (κ1) is 19.9. The molecule has 3 aromatic rings. The van der Waals surface area contributed by atoms with Crippen LogP contribution >= 0.6 is 0 Å². The van der Waals surface area contributed by atoms with Crippen molar-refractivity contribution in [3.05, 3.63) is 48.0 Å². The van der Waals surface area contributed by atoms with Gasteiger partial charge in [0.25, 0.3) is 5.92 Å². The molecule has 0 unspecified atom stereocenters. The summed E-state index contributed by atoms with van der Waals surface area (Å²) in [6.45, 7) is -0.739. The highest BCUT2D eigenvalue weighted by Crippen LogP contribution is 2.33. The van der Waals surface area contributed by atoms with Gasteiger partial charge in [0.1, 0.15) is 12.4 Å². The van der Waals surface area contributed by atoms with E-state index in [-0.39, 0.29) is 32.1 Å². The van der Waals surface area contributed by atoms with Gasteiger partial charge in [-0.1, -0.05) is 12.1 Å². The number of anilines is 1. The molecule has 4 rings (SSSR count). The molecule has 158 valence electrons. The number of H-pyrrole nitrogens is 1. The molecule has 3 heterocycles. The van der Waals surface area contributed by atoms with Crippen molar-refractivity contribution in [2.75, 3.05) is 25.0 Å². The number of carbonyl (C=O) groups is 1. The van der Waals surface area contributed by atoms with Crippen LogP contribution in [-0.4, -0.2) is 56.7 Å². The Labute approximate surface area is 169 Å². The summed E-state index contributed by atoms with van der Waals surface area (Å²) in [5, 5.41) is 10.1. The number of ether oxygens (including phenoxy) is 1. The van der Waals surface area contributed by atoms with Crippen molar-refractivity contribution in [2.24, 2.45) is 5.92 Å². The molecular weight excluding hydrogens is 401 g/mol. The lowest BCUT2D eigenvalue weighted by atomic mass is 9.93. The molecule has 1 fully saturated rings. The number of benzene rings is 1. The number of likely N-dealkylation sites (tertiary alicyclic amines) is 1. The summed E-state index contributed by atoms with van der Waals surface area (Å²) < 4.78 is 47.2. The summed E-state index contributed by atoms with van der Waals surface area (Å²) in [6, 6.07) is 5.42. The maximum absolute atomic E-state index is 14.6. The number of nitrogens with zero attached hydrogens (tertiary/aromatic N) is 4. The molecule has 11 heteroatoms. The summed E-state index contributed by atoms with van der Waals surface area (Å²) in [4.78, 5) is 21.4. The van der Waals surface area contributed by atoms with Crippen molar-refractivity contribution >= 4 is 23.1 Å². The molecule has 1 atom stereocenters. The zero-order chi connectivity index (χ0) is 21.1. The molecule has 0 bridgehead atoms. The maximum atomic E-state index is 14.6. The third kappa shape index (κ3) is 4.44. The SMILES string of the molecule is O=C(OCc1ccc(F)cc1)N1CC[C@H](CNc2ncc3cn[nH]c3n2)C(F)(F)C1. The lowest BCUT2D eigenvalue weighted by Gasteiger charge is -2.37. The highest BCUT2D eigenvalue weighted by atomic mass is 19.3. The number of rotatable bonds is 5. The lowest BCUT2D eigenvalue weighted by molar-refractivity contribution is -0.102. The van der Waals surface area contributed by atoms with Crippen LogP contribution in [-0.2, 0) is 11.3 Å². The largest absolute Gasteiger partial charge is 0.445 e. The highest BCUT2D eigenvalue weighted by molar-refractivity contribution is 5.73. The fourth-order valence-corrected chi connectivity index (χ4v) is 3.25. The van der Waals surface area contributed by atoms with Crippen LogP contribution in [0.5, 0.6) is 0 Å². The summed E-state index contributed by atoms with van der Waals surface area (Å²) in [7, 11) is 0. The molecule has 0 saturated carbocycles. The Bertz CT molecular complexity index is 1030. The predicted octanol–water partition coefficient (Wildman–Crippen LogP) is 3.20. The quantitative estimate of drug-likeness (QED) is 0.658. The Morgan fingerprint density at radius 3 is 2.87 bits per heavy atom. The van der Waals surface area contributed by atoms with Crippen molar-refractivity contribution in [1.82, 2.24) is 25.1 Å². The van der Waals surface area contributed by atoms with E-state index >= 15 is 0 Å². The van der Waals surface area contributed by atoms with E-state index < -0.39 is 30.3 Å². The monoisotopic (exact) mass is 420 g/mol. The van der Waals surface area contributed by atoms with Crippen LogP contribution in [0.4, 0.5) is 23.9 Å². The number of hydrogen-bond acceptors (Lipinski definition) is 6. The minimum absolute atomic E-state index is 0.0366. The number of fused-ring (bicyclic) bond motifs is 1. The van der Waals surface area contributed by atoms with E-state index in [4.69, 9.17) is 4.74 Å². The number of alkyl halides is 2. The van der Waals surface area contributed by atoms with Gasteiger partial charge in [-0.3, -0.25) is 5.10 Å². The minimum atomic E-state index is -3.10. The Balaban J connectivity index is 1.29. The zero-order valence-corrected chi connectivity index (χ0v) is 15.8. The topological polar surface area (TPSA) is 96.0 Å². The number of amides is 1. The molecule has 1 aromatic carbocycles. The molecule has 2 aromatic heterocycles. The van der Waals surface area contributed by atoms with Crippen molar-refractivity contribution in [1.29, 1.82) is 0 Å². The fourth-order valence-electron chi connectivity index (χ4n) is 3.25. The fraction of sp³-hybridized carbons (Fsp3) is 0.368. The summed E-state index contributed by atoms with van der Waals surface area (Å²) in [5.74, 6) is -4.27. The second-order valence-electron chi connectivity index (χ2n) is 7.10. The third-order valence-electron chi connectivity index (χ3n) is 4.98. The van der Waals surface area contributed by atoms with E-state index in [2.05, 4.69) is 25.5 Å². The Morgan fingerprint density at radius 1 is 1.30 bits per heavy atom. The van der Waals surface area contributed by atoms with E-state index in [9.17, 15) is 18.0 Å². The average molecular weight is 420 g/mol. The van der Waals surface area contributed by atoms with Gasteiger partial charge in [0, 0.05) is 25.2 Å². The Morgan fingerprint density at radius 2 is 2.10 bits per heavy atom. The maximum Gasteiger partial charge on any atom is 0.410 e. The van der Waals surface area contributed by atoms with Gasteiger partial charge in [-0.2, -0.15) is 10.1 Å².